The van der Waals surface area contributed by atoms with E-state index in [-0.39, 0.29) is 12.6 Å². The van der Waals surface area contributed by atoms with Crippen molar-refractivity contribution in [3.63, 3.8) is 0 Å². The summed E-state index contributed by atoms with van der Waals surface area (Å²) in [5.41, 5.74) is 2.91. The maximum atomic E-state index is 8.95. The van der Waals surface area contributed by atoms with Gasteiger partial charge in [-0.05, 0) is 30.9 Å². The molecule has 0 radical (unpaired) electrons. The third-order valence-electron chi connectivity index (χ3n) is 2.85. The summed E-state index contributed by atoms with van der Waals surface area (Å²) in [6.07, 6.45) is 2.20. The Morgan fingerprint density at radius 2 is 1.93 bits per heavy atom. The van der Waals surface area contributed by atoms with Gasteiger partial charge in [-0.3, -0.25) is 0 Å². The molecule has 0 saturated carbocycles. The Hall–Kier alpha value is -0.860. The van der Waals surface area contributed by atoms with Gasteiger partial charge in [-0.2, -0.15) is 0 Å². The second-order valence-corrected chi connectivity index (χ2v) is 4.12. The second kappa shape index (κ2) is 4.11. The minimum absolute atomic E-state index is 0.203. The summed E-state index contributed by atoms with van der Waals surface area (Å²) in [6.45, 7) is 2.23. The Morgan fingerprint density at radius 1 is 1.36 bits per heavy atom. The summed E-state index contributed by atoms with van der Waals surface area (Å²) in [6, 6.07) is 9.29. The first-order valence-corrected chi connectivity index (χ1v) is 5.23. The highest BCUT2D eigenvalue weighted by Crippen LogP contribution is 2.21. The zero-order valence-electron chi connectivity index (χ0n) is 8.53. The molecule has 0 amide bonds. The van der Waals surface area contributed by atoms with Crippen molar-refractivity contribution >= 4 is 0 Å². The van der Waals surface area contributed by atoms with Crippen LogP contribution in [0.15, 0.2) is 24.3 Å². The van der Waals surface area contributed by atoms with Gasteiger partial charge in [0.2, 0.25) is 0 Å². The van der Waals surface area contributed by atoms with Gasteiger partial charge in [0, 0.05) is 12.1 Å². The standard InChI is InChI=1S/C12H17NO/c1-9(8-14)13-12-6-10-4-2-3-5-11(10)7-12/h2-5,9,12-14H,6-8H2,1H3. The first-order chi connectivity index (χ1) is 6.79. The van der Waals surface area contributed by atoms with Gasteiger partial charge in [0.25, 0.3) is 0 Å². The molecule has 0 spiro atoms. The smallest absolute Gasteiger partial charge is 0.0582 e. The number of aliphatic hydroxyl groups excluding tert-OH is 1. The van der Waals surface area contributed by atoms with Crippen molar-refractivity contribution in [2.45, 2.75) is 31.8 Å². The Morgan fingerprint density at radius 3 is 2.43 bits per heavy atom. The van der Waals surface area contributed by atoms with Crippen molar-refractivity contribution in [1.29, 1.82) is 0 Å². The summed E-state index contributed by atoms with van der Waals surface area (Å²) in [7, 11) is 0. The van der Waals surface area contributed by atoms with E-state index in [9.17, 15) is 0 Å². The predicted octanol–water partition coefficient (Wildman–Crippen LogP) is 1.12. The van der Waals surface area contributed by atoms with Crippen LogP contribution in [0, 0.1) is 0 Å². The molecule has 0 aromatic heterocycles. The lowest BCUT2D eigenvalue weighted by atomic mass is 10.1. The van der Waals surface area contributed by atoms with Crippen LogP contribution in [0.3, 0.4) is 0 Å². The summed E-state index contributed by atoms with van der Waals surface area (Å²) >= 11 is 0. The molecule has 2 heteroatoms. The molecule has 0 bridgehead atoms. The molecule has 1 atom stereocenters. The van der Waals surface area contributed by atoms with Gasteiger partial charge in [0.15, 0.2) is 0 Å². The maximum Gasteiger partial charge on any atom is 0.0582 e. The fourth-order valence-corrected chi connectivity index (χ4v) is 2.13. The van der Waals surface area contributed by atoms with Crippen molar-refractivity contribution in [2.24, 2.45) is 0 Å². The third kappa shape index (κ3) is 1.97. The first-order valence-electron chi connectivity index (χ1n) is 5.23. The Kier molecular flexibility index (Phi) is 2.85. The SMILES string of the molecule is CC(CO)NC1Cc2ccccc2C1. The van der Waals surface area contributed by atoms with Crippen LogP contribution in [0.2, 0.25) is 0 Å². The van der Waals surface area contributed by atoms with Crippen molar-refractivity contribution < 1.29 is 5.11 Å². The van der Waals surface area contributed by atoms with Crippen LogP contribution in [0.5, 0.6) is 0 Å². The number of benzene rings is 1. The van der Waals surface area contributed by atoms with E-state index in [4.69, 9.17) is 5.11 Å². The Balaban J connectivity index is 1.98. The van der Waals surface area contributed by atoms with Crippen LogP contribution in [-0.4, -0.2) is 23.8 Å². The van der Waals surface area contributed by atoms with Gasteiger partial charge in [0.1, 0.15) is 0 Å². The van der Waals surface area contributed by atoms with E-state index in [0.717, 1.165) is 12.8 Å². The summed E-state index contributed by atoms with van der Waals surface area (Å²) in [5.74, 6) is 0. The molecule has 76 valence electrons. The lowest BCUT2D eigenvalue weighted by Gasteiger charge is -2.16. The molecule has 2 nitrogen and oxygen atoms in total. The summed E-state index contributed by atoms with van der Waals surface area (Å²) in [5, 5.41) is 12.4. The van der Waals surface area contributed by atoms with Gasteiger partial charge in [-0.15, -0.1) is 0 Å². The number of rotatable bonds is 3. The second-order valence-electron chi connectivity index (χ2n) is 4.12. The van der Waals surface area contributed by atoms with Crippen LogP contribution in [0.4, 0.5) is 0 Å². The normalized spacial score (nSPS) is 18.1. The zero-order valence-corrected chi connectivity index (χ0v) is 8.53. The number of aliphatic hydroxyl groups is 1. The lowest BCUT2D eigenvalue weighted by molar-refractivity contribution is 0.241. The topological polar surface area (TPSA) is 32.3 Å². The van der Waals surface area contributed by atoms with Crippen LogP contribution < -0.4 is 5.32 Å². The highest BCUT2D eigenvalue weighted by Gasteiger charge is 2.21. The fourth-order valence-electron chi connectivity index (χ4n) is 2.13. The molecule has 0 aliphatic heterocycles. The largest absolute Gasteiger partial charge is 0.395 e. The average molecular weight is 191 g/mol. The van der Waals surface area contributed by atoms with Crippen molar-refractivity contribution in [3.05, 3.63) is 35.4 Å². The van der Waals surface area contributed by atoms with Crippen molar-refractivity contribution in [3.8, 4) is 0 Å². The molecular formula is C12H17NO. The van der Waals surface area contributed by atoms with Gasteiger partial charge >= 0.3 is 0 Å². The molecular weight excluding hydrogens is 174 g/mol. The van der Waals surface area contributed by atoms with Gasteiger partial charge in [-0.1, -0.05) is 24.3 Å². The van der Waals surface area contributed by atoms with Crippen molar-refractivity contribution in [1.82, 2.24) is 5.32 Å². The predicted molar refractivity (Wildman–Crippen MR) is 57.3 cm³/mol. The highest BCUT2D eigenvalue weighted by molar-refractivity contribution is 5.33. The molecule has 0 fully saturated rings. The molecule has 0 heterocycles. The minimum atomic E-state index is 0.203. The molecule has 1 aromatic carbocycles. The number of hydrogen-bond acceptors (Lipinski definition) is 2. The molecule has 1 aromatic rings. The molecule has 1 aliphatic carbocycles. The quantitative estimate of drug-likeness (QED) is 0.750. The van der Waals surface area contributed by atoms with E-state index in [2.05, 4.69) is 29.6 Å². The van der Waals surface area contributed by atoms with Crippen molar-refractivity contribution in [2.75, 3.05) is 6.61 Å². The first kappa shape index (κ1) is 9.69. The van der Waals surface area contributed by atoms with Gasteiger partial charge in [-0.25, -0.2) is 0 Å². The molecule has 1 aliphatic rings. The maximum absolute atomic E-state index is 8.95. The third-order valence-corrected chi connectivity index (χ3v) is 2.85. The van der Waals surface area contributed by atoms with E-state index in [0.29, 0.717) is 6.04 Å². The number of nitrogens with one attached hydrogen (secondary N) is 1. The minimum Gasteiger partial charge on any atom is -0.395 e. The van der Waals surface area contributed by atoms with E-state index < -0.39 is 0 Å². The van der Waals surface area contributed by atoms with Crippen LogP contribution in [-0.2, 0) is 12.8 Å². The Bertz CT molecular complexity index is 286. The van der Waals surface area contributed by atoms with Crippen LogP contribution in [0.25, 0.3) is 0 Å². The monoisotopic (exact) mass is 191 g/mol. The van der Waals surface area contributed by atoms with Gasteiger partial charge < -0.3 is 10.4 Å². The molecule has 0 saturated heterocycles. The number of hydrogen-bond donors (Lipinski definition) is 2. The molecule has 1 unspecified atom stereocenters. The fraction of sp³-hybridized carbons (Fsp3) is 0.500. The molecule has 2 rings (SSSR count). The van der Waals surface area contributed by atoms with Gasteiger partial charge in [0.05, 0.1) is 6.61 Å². The van der Waals surface area contributed by atoms with E-state index >= 15 is 0 Å². The van der Waals surface area contributed by atoms with E-state index in [1.807, 2.05) is 6.92 Å². The van der Waals surface area contributed by atoms with E-state index in [1.165, 1.54) is 11.1 Å². The van der Waals surface area contributed by atoms with Crippen LogP contribution >= 0.6 is 0 Å². The Labute approximate surface area is 85.0 Å². The summed E-state index contributed by atoms with van der Waals surface area (Å²) < 4.78 is 0. The molecule has 14 heavy (non-hydrogen) atoms. The van der Waals surface area contributed by atoms with E-state index in [1.54, 1.807) is 0 Å². The zero-order chi connectivity index (χ0) is 9.97. The average Bonchev–Trinajstić information content (AvgIpc) is 2.59. The highest BCUT2D eigenvalue weighted by atomic mass is 16.3. The summed E-state index contributed by atoms with van der Waals surface area (Å²) in [4.78, 5) is 0. The van der Waals surface area contributed by atoms with Crippen LogP contribution in [0.1, 0.15) is 18.1 Å². The molecule has 2 N–H and O–H groups in total. The lowest BCUT2D eigenvalue weighted by Crippen LogP contribution is -2.39. The number of fused-ring (bicyclic) bond motifs is 1.